The van der Waals surface area contributed by atoms with E-state index in [9.17, 15) is 4.39 Å². The monoisotopic (exact) mass is 378 g/mol. The van der Waals surface area contributed by atoms with E-state index < -0.39 is 0 Å². The van der Waals surface area contributed by atoms with Gasteiger partial charge in [0.15, 0.2) is 0 Å². The van der Waals surface area contributed by atoms with E-state index in [0.717, 1.165) is 34.7 Å². The van der Waals surface area contributed by atoms with Gasteiger partial charge in [0.1, 0.15) is 5.82 Å². The van der Waals surface area contributed by atoms with Gasteiger partial charge in [-0.2, -0.15) is 0 Å². The van der Waals surface area contributed by atoms with Gasteiger partial charge in [-0.25, -0.2) is 4.39 Å². The van der Waals surface area contributed by atoms with Crippen LogP contribution in [0.2, 0.25) is 0 Å². The standard InChI is InChI=1S/C25H31FN2/c1-9-20-14(2)23(27-16(20)4)21(24-15(3)22(26)17(5)28-24)18-10-12-19(13-11-18)25(6,7)8/h10-13,28H,9H2,1-8H3. The summed E-state index contributed by atoms with van der Waals surface area (Å²) in [4.78, 5) is 8.18. The molecule has 0 saturated carbocycles. The number of benzene rings is 1. The van der Waals surface area contributed by atoms with Crippen LogP contribution in [0.15, 0.2) is 46.1 Å². The smallest absolute Gasteiger partial charge is 0.147 e. The van der Waals surface area contributed by atoms with Gasteiger partial charge in [0.25, 0.3) is 0 Å². The molecule has 1 aliphatic rings. The molecular formula is C25H31FN2. The highest BCUT2D eigenvalue weighted by atomic mass is 19.1. The highest BCUT2D eigenvalue weighted by molar-refractivity contribution is 6.05. The van der Waals surface area contributed by atoms with E-state index in [1.165, 1.54) is 16.7 Å². The number of hydrogen-bond donors (Lipinski definition) is 1. The van der Waals surface area contributed by atoms with Crippen LogP contribution in [0.3, 0.4) is 0 Å². The van der Waals surface area contributed by atoms with Crippen molar-refractivity contribution in [2.24, 2.45) is 4.99 Å². The number of aliphatic imine (C=N–C) groups is 1. The summed E-state index contributed by atoms with van der Waals surface area (Å²) in [5.74, 6) is -0.171. The summed E-state index contributed by atoms with van der Waals surface area (Å²) < 4.78 is 14.5. The van der Waals surface area contributed by atoms with Crippen molar-refractivity contribution in [3.63, 3.8) is 0 Å². The fourth-order valence-corrected chi connectivity index (χ4v) is 4.01. The number of rotatable bonds is 3. The van der Waals surface area contributed by atoms with Gasteiger partial charge in [-0.1, -0.05) is 52.0 Å². The van der Waals surface area contributed by atoms with Gasteiger partial charge in [-0.15, -0.1) is 0 Å². The zero-order valence-corrected chi connectivity index (χ0v) is 18.3. The number of nitrogens with zero attached hydrogens (tertiary/aromatic N) is 1. The molecule has 2 heterocycles. The van der Waals surface area contributed by atoms with E-state index in [-0.39, 0.29) is 11.2 Å². The van der Waals surface area contributed by atoms with Gasteiger partial charge >= 0.3 is 0 Å². The van der Waals surface area contributed by atoms with Crippen LogP contribution in [0.25, 0.3) is 5.57 Å². The first-order valence-corrected chi connectivity index (χ1v) is 10.0. The molecule has 2 nitrogen and oxygen atoms in total. The van der Waals surface area contributed by atoms with Crippen LogP contribution in [0.5, 0.6) is 0 Å². The second-order valence-corrected chi connectivity index (χ2v) is 8.77. The molecule has 1 aromatic carbocycles. The SMILES string of the molecule is CCC1=C(C)C(=C(c2ccc(C(C)(C)C)cc2)c2[nH]c(C)c(F)c2C)N=C1C. The topological polar surface area (TPSA) is 28.1 Å². The Labute approximate surface area is 168 Å². The van der Waals surface area contributed by atoms with Crippen LogP contribution in [-0.4, -0.2) is 10.7 Å². The average molecular weight is 379 g/mol. The van der Waals surface area contributed by atoms with E-state index in [0.29, 0.717) is 11.3 Å². The number of aryl methyl sites for hydroxylation is 1. The fourth-order valence-electron chi connectivity index (χ4n) is 4.01. The van der Waals surface area contributed by atoms with Crippen molar-refractivity contribution in [3.05, 3.63) is 75.0 Å². The Morgan fingerprint density at radius 1 is 1.04 bits per heavy atom. The molecule has 0 aliphatic carbocycles. The Hall–Kier alpha value is -2.42. The minimum Gasteiger partial charge on any atom is -0.356 e. The number of hydrogen-bond acceptors (Lipinski definition) is 1. The Balaban J connectivity index is 2.30. The summed E-state index contributed by atoms with van der Waals surface area (Å²) in [5, 5.41) is 0. The van der Waals surface area contributed by atoms with E-state index in [1.807, 2.05) is 6.92 Å². The summed E-state index contributed by atoms with van der Waals surface area (Å²) in [5.41, 5.74) is 9.89. The molecule has 0 radical (unpaired) electrons. The predicted octanol–water partition coefficient (Wildman–Crippen LogP) is 7.03. The van der Waals surface area contributed by atoms with Crippen LogP contribution in [0.4, 0.5) is 4.39 Å². The van der Waals surface area contributed by atoms with Gasteiger partial charge in [-0.3, -0.25) is 4.99 Å². The molecule has 0 fully saturated rings. The lowest BCUT2D eigenvalue weighted by molar-refractivity contribution is 0.590. The summed E-state index contributed by atoms with van der Waals surface area (Å²) in [6, 6.07) is 8.61. The lowest BCUT2D eigenvalue weighted by Crippen LogP contribution is -2.10. The van der Waals surface area contributed by atoms with Gasteiger partial charge in [0, 0.05) is 22.5 Å². The molecule has 0 atom stereocenters. The Morgan fingerprint density at radius 3 is 2.07 bits per heavy atom. The molecular weight excluding hydrogens is 347 g/mol. The van der Waals surface area contributed by atoms with Crippen molar-refractivity contribution in [1.29, 1.82) is 0 Å². The lowest BCUT2D eigenvalue weighted by atomic mass is 9.85. The molecule has 0 bridgehead atoms. The zero-order chi connectivity index (χ0) is 20.8. The zero-order valence-electron chi connectivity index (χ0n) is 18.3. The number of H-pyrrole nitrogens is 1. The van der Waals surface area contributed by atoms with Crippen LogP contribution in [-0.2, 0) is 5.41 Å². The summed E-state index contributed by atoms with van der Waals surface area (Å²) in [6.45, 7) is 16.6. The van der Waals surface area contributed by atoms with Gasteiger partial charge in [0.2, 0.25) is 0 Å². The first kappa shape index (κ1) is 20.3. The van der Waals surface area contributed by atoms with Crippen molar-refractivity contribution >= 4 is 11.3 Å². The van der Waals surface area contributed by atoms with Crippen molar-refractivity contribution in [2.45, 2.75) is 67.2 Å². The Bertz CT molecular complexity index is 1010. The van der Waals surface area contributed by atoms with Gasteiger partial charge in [0.05, 0.1) is 11.4 Å². The third kappa shape index (κ3) is 3.39. The van der Waals surface area contributed by atoms with E-state index in [4.69, 9.17) is 4.99 Å². The molecule has 0 saturated heterocycles. The molecule has 3 heteroatoms. The molecule has 2 aromatic rings. The first-order valence-electron chi connectivity index (χ1n) is 10.0. The second-order valence-electron chi connectivity index (χ2n) is 8.77. The number of nitrogens with one attached hydrogen (secondary N) is 1. The van der Waals surface area contributed by atoms with Gasteiger partial charge in [-0.05, 0) is 61.8 Å². The van der Waals surface area contributed by atoms with E-state index in [2.05, 4.69) is 70.8 Å². The molecule has 0 spiro atoms. The molecule has 0 unspecified atom stereocenters. The summed E-state index contributed by atoms with van der Waals surface area (Å²) >= 11 is 0. The van der Waals surface area contributed by atoms with Crippen LogP contribution < -0.4 is 0 Å². The number of aromatic amines is 1. The van der Waals surface area contributed by atoms with Crippen LogP contribution >= 0.6 is 0 Å². The van der Waals surface area contributed by atoms with E-state index >= 15 is 0 Å². The molecule has 3 rings (SSSR count). The maximum Gasteiger partial charge on any atom is 0.147 e. The van der Waals surface area contributed by atoms with Crippen LogP contribution in [0, 0.1) is 19.7 Å². The maximum absolute atomic E-state index is 14.5. The van der Waals surface area contributed by atoms with Crippen molar-refractivity contribution < 1.29 is 4.39 Å². The Morgan fingerprint density at radius 2 is 1.64 bits per heavy atom. The minimum atomic E-state index is -0.171. The van der Waals surface area contributed by atoms with Gasteiger partial charge < -0.3 is 4.98 Å². The minimum absolute atomic E-state index is 0.0875. The third-order valence-electron chi connectivity index (χ3n) is 5.75. The first-order chi connectivity index (χ1) is 13.1. The molecule has 0 amide bonds. The molecule has 148 valence electrons. The summed E-state index contributed by atoms with van der Waals surface area (Å²) in [6.07, 6.45) is 0.942. The maximum atomic E-state index is 14.5. The fraction of sp³-hybridized carbons (Fsp3) is 0.400. The molecule has 1 aromatic heterocycles. The summed E-state index contributed by atoms with van der Waals surface area (Å²) in [7, 11) is 0. The average Bonchev–Trinajstić information content (AvgIpc) is 3.05. The quantitative estimate of drug-likeness (QED) is 0.594. The van der Waals surface area contributed by atoms with Crippen LogP contribution in [0.1, 0.15) is 76.0 Å². The number of allylic oxidation sites excluding steroid dienone is 2. The number of halogens is 1. The highest BCUT2D eigenvalue weighted by Gasteiger charge is 2.25. The van der Waals surface area contributed by atoms with E-state index in [1.54, 1.807) is 6.92 Å². The Kier molecular flexibility index (Phi) is 5.22. The number of aromatic nitrogens is 1. The highest BCUT2D eigenvalue weighted by Crippen LogP contribution is 2.39. The van der Waals surface area contributed by atoms with Crippen molar-refractivity contribution in [2.75, 3.05) is 0 Å². The third-order valence-corrected chi connectivity index (χ3v) is 5.75. The largest absolute Gasteiger partial charge is 0.356 e. The predicted molar refractivity (Wildman–Crippen MR) is 117 cm³/mol. The van der Waals surface area contributed by atoms with Crippen molar-refractivity contribution in [3.8, 4) is 0 Å². The second kappa shape index (κ2) is 7.20. The molecule has 1 N–H and O–H groups in total. The molecule has 28 heavy (non-hydrogen) atoms. The van der Waals surface area contributed by atoms with Crippen molar-refractivity contribution in [1.82, 2.24) is 4.98 Å². The normalized spacial score (nSPS) is 16.7. The molecule has 1 aliphatic heterocycles. The lowest BCUT2D eigenvalue weighted by Gasteiger charge is -2.20.